The second-order valence-corrected chi connectivity index (χ2v) is 7.45. The maximum Gasteiger partial charge on any atom is 0.247 e. The van der Waals surface area contributed by atoms with E-state index in [0.29, 0.717) is 24.7 Å². The minimum atomic E-state index is -0.745. The lowest BCUT2D eigenvalue weighted by molar-refractivity contribution is -0.162. The van der Waals surface area contributed by atoms with E-state index in [9.17, 15) is 4.79 Å². The standard InChI is InChI=1S/C19H26N4O3.ClH/c1-5-25-14-11-19(20,18(14,3)4)17-22-15(23-26-17)10-16(24)21-13-8-6-12(2)7-9-13;/h6-9,14H,5,10-11,20H2,1-4H3,(H,21,24);1H. The zero-order chi connectivity index (χ0) is 18.9. The molecule has 8 heteroatoms. The number of hydrogen-bond donors (Lipinski definition) is 2. The number of rotatable bonds is 6. The summed E-state index contributed by atoms with van der Waals surface area (Å²) in [6.45, 7) is 8.66. The average molecular weight is 395 g/mol. The zero-order valence-electron chi connectivity index (χ0n) is 16.1. The molecule has 1 aromatic carbocycles. The van der Waals surface area contributed by atoms with Crippen LogP contribution in [-0.4, -0.2) is 28.8 Å². The summed E-state index contributed by atoms with van der Waals surface area (Å²) in [4.78, 5) is 16.6. The molecule has 0 spiro atoms. The molecule has 0 radical (unpaired) electrons. The van der Waals surface area contributed by atoms with E-state index in [2.05, 4.69) is 15.5 Å². The molecule has 0 bridgehead atoms. The molecule has 2 atom stereocenters. The van der Waals surface area contributed by atoms with Gasteiger partial charge in [-0.3, -0.25) is 4.79 Å². The molecule has 1 amide bonds. The second kappa shape index (κ2) is 7.96. The van der Waals surface area contributed by atoms with E-state index in [0.717, 1.165) is 11.3 Å². The highest BCUT2D eigenvalue weighted by atomic mass is 35.5. The van der Waals surface area contributed by atoms with Gasteiger partial charge in [-0.1, -0.05) is 36.7 Å². The van der Waals surface area contributed by atoms with Gasteiger partial charge in [0.2, 0.25) is 11.8 Å². The predicted molar refractivity (Wildman–Crippen MR) is 105 cm³/mol. The predicted octanol–water partition coefficient (Wildman–Crippen LogP) is 2.97. The van der Waals surface area contributed by atoms with E-state index in [-0.39, 0.29) is 36.3 Å². The van der Waals surface area contributed by atoms with Crippen LogP contribution in [0, 0.1) is 12.3 Å². The van der Waals surface area contributed by atoms with Gasteiger partial charge in [-0.05, 0) is 26.0 Å². The Kier molecular flexibility index (Phi) is 6.29. The summed E-state index contributed by atoms with van der Waals surface area (Å²) in [6, 6.07) is 7.59. The summed E-state index contributed by atoms with van der Waals surface area (Å²) in [5.74, 6) is 0.481. The van der Waals surface area contributed by atoms with Crippen LogP contribution in [0.3, 0.4) is 0 Å². The van der Waals surface area contributed by atoms with E-state index >= 15 is 0 Å². The lowest BCUT2D eigenvalue weighted by Crippen LogP contribution is -2.67. The van der Waals surface area contributed by atoms with Gasteiger partial charge in [-0.2, -0.15) is 4.98 Å². The van der Waals surface area contributed by atoms with Crippen molar-refractivity contribution in [2.24, 2.45) is 11.1 Å². The summed E-state index contributed by atoms with van der Waals surface area (Å²) >= 11 is 0. The topological polar surface area (TPSA) is 103 Å². The zero-order valence-corrected chi connectivity index (χ0v) is 16.9. The fraction of sp³-hybridized carbons (Fsp3) is 0.526. The normalized spacial score (nSPS) is 23.2. The lowest BCUT2D eigenvalue weighted by Gasteiger charge is -2.56. The van der Waals surface area contributed by atoms with Crippen molar-refractivity contribution in [3.63, 3.8) is 0 Å². The Bertz CT molecular complexity index is 791. The van der Waals surface area contributed by atoms with Crippen molar-refractivity contribution in [1.29, 1.82) is 0 Å². The van der Waals surface area contributed by atoms with Gasteiger partial charge in [0.15, 0.2) is 5.82 Å². The van der Waals surface area contributed by atoms with Gasteiger partial charge < -0.3 is 20.3 Å². The average Bonchev–Trinajstić information content (AvgIpc) is 3.05. The summed E-state index contributed by atoms with van der Waals surface area (Å²) < 4.78 is 11.1. The number of nitrogens with zero attached hydrogens (tertiary/aromatic N) is 2. The van der Waals surface area contributed by atoms with E-state index in [1.54, 1.807) is 0 Å². The number of benzene rings is 1. The van der Waals surface area contributed by atoms with Crippen LogP contribution >= 0.6 is 12.4 Å². The fourth-order valence-electron chi connectivity index (χ4n) is 3.29. The van der Waals surface area contributed by atoms with E-state index in [1.807, 2.05) is 52.0 Å². The van der Waals surface area contributed by atoms with E-state index in [1.165, 1.54) is 0 Å². The van der Waals surface area contributed by atoms with Gasteiger partial charge in [0, 0.05) is 24.1 Å². The summed E-state index contributed by atoms with van der Waals surface area (Å²) in [7, 11) is 0. The Morgan fingerprint density at radius 1 is 1.37 bits per heavy atom. The molecule has 1 saturated carbocycles. The first-order valence-corrected chi connectivity index (χ1v) is 8.86. The fourth-order valence-corrected chi connectivity index (χ4v) is 3.29. The van der Waals surface area contributed by atoms with Gasteiger partial charge in [0.1, 0.15) is 5.54 Å². The molecule has 3 N–H and O–H groups in total. The maximum absolute atomic E-state index is 12.2. The van der Waals surface area contributed by atoms with E-state index in [4.69, 9.17) is 15.0 Å². The SMILES string of the molecule is CCOC1CC(N)(c2nc(CC(=O)Nc3ccc(C)cc3)no2)C1(C)C.Cl. The number of carbonyl (C=O) groups is 1. The first kappa shape index (κ1) is 21.3. The van der Waals surface area contributed by atoms with Crippen molar-refractivity contribution in [1.82, 2.24) is 10.1 Å². The number of ether oxygens (including phenoxy) is 1. The largest absolute Gasteiger partial charge is 0.378 e. The smallest absolute Gasteiger partial charge is 0.247 e. The number of nitrogens with one attached hydrogen (secondary N) is 1. The maximum atomic E-state index is 12.2. The number of hydrogen-bond acceptors (Lipinski definition) is 6. The van der Waals surface area contributed by atoms with Crippen LogP contribution in [-0.2, 0) is 21.5 Å². The molecule has 3 rings (SSSR count). The number of halogens is 1. The molecule has 0 saturated heterocycles. The molecule has 1 fully saturated rings. The van der Waals surface area contributed by atoms with Crippen LogP contribution in [0.25, 0.3) is 0 Å². The van der Waals surface area contributed by atoms with Gasteiger partial charge in [0.25, 0.3) is 0 Å². The summed E-state index contributed by atoms with van der Waals surface area (Å²) in [5, 5.41) is 6.75. The van der Waals surface area contributed by atoms with Crippen LogP contribution in [0.2, 0.25) is 0 Å². The first-order valence-electron chi connectivity index (χ1n) is 8.86. The van der Waals surface area contributed by atoms with Crippen LogP contribution in [0.4, 0.5) is 5.69 Å². The first-order chi connectivity index (χ1) is 12.3. The van der Waals surface area contributed by atoms with Crippen molar-refractivity contribution in [3.8, 4) is 0 Å². The molecule has 1 aromatic heterocycles. The third-order valence-corrected chi connectivity index (χ3v) is 5.33. The lowest BCUT2D eigenvalue weighted by atomic mass is 9.54. The minimum absolute atomic E-state index is 0. The van der Waals surface area contributed by atoms with Crippen LogP contribution in [0.15, 0.2) is 28.8 Å². The molecule has 148 valence electrons. The third kappa shape index (κ3) is 4.00. The number of anilines is 1. The van der Waals surface area contributed by atoms with E-state index < -0.39 is 5.54 Å². The highest BCUT2D eigenvalue weighted by Crippen LogP contribution is 2.55. The Labute approximate surface area is 165 Å². The van der Waals surface area contributed by atoms with Crippen molar-refractivity contribution in [2.45, 2.75) is 52.2 Å². The van der Waals surface area contributed by atoms with Gasteiger partial charge in [0.05, 0.1) is 12.5 Å². The number of nitrogens with two attached hydrogens (primary N) is 1. The summed E-state index contributed by atoms with van der Waals surface area (Å²) in [5.41, 5.74) is 7.33. The van der Waals surface area contributed by atoms with Gasteiger partial charge >= 0.3 is 0 Å². The number of aromatic nitrogens is 2. The molecule has 1 aliphatic carbocycles. The molecule has 2 unspecified atom stereocenters. The molecule has 1 aliphatic rings. The molecule has 1 heterocycles. The Hall–Kier alpha value is -1.96. The Morgan fingerprint density at radius 2 is 2.04 bits per heavy atom. The van der Waals surface area contributed by atoms with Crippen LogP contribution in [0.1, 0.15) is 44.5 Å². The second-order valence-electron chi connectivity index (χ2n) is 7.45. The monoisotopic (exact) mass is 394 g/mol. The van der Waals surface area contributed by atoms with Crippen molar-refractivity contribution >= 4 is 24.0 Å². The highest BCUT2D eigenvalue weighted by molar-refractivity contribution is 5.91. The molecular formula is C19H27ClN4O3. The van der Waals surface area contributed by atoms with Gasteiger partial charge in [-0.15, -0.1) is 12.4 Å². The van der Waals surface area contributed by atoms with Crippen molar-refractivity contribution < 1.29 is 14.1 Å². The van der Waals surface area contributed by atoms with Gasteiger partial charge in [-0.25, -0.2) is 0 Å². The highest BCUT2D eigenvalue weighted by Gasteiger charge is 2.62. The van der Waals surface area contributed by atoms with Crippen LogP contribution in [0.5, 0.6) is 0 Å². The minimum Gasteiger partial charge on any atom is -0.378 e. The Balaban J connectivity index is 0.00000261. The molecule has 2 aromatic rings. The molecule has 0 aliphatic heterocycles. The molecule has 27 heavy (non-hydrogen) atoms. The number of carbonyl (C=O) groups excluding carboxylic acids is 1. The van der Waals surface area contributed by atoms with Crippen molar-refractivity contribution in [2.75, 3.05) is 11.9 Å². The third-order valence-electron chi connectivity index (χ3n) is 5.33. The van der Waals surface area contributed by atoms with Crippen molar-refractivity contribution in [3.05, 3.63) is 41.5 Å². The number of aryl methyl sites for hydroxylation is 1. The molecule has 7 nitrogen and oxygen atoms in total. The van der Waals surface area contributed by atoms with Crippen LogP contribution < -0.4 is 11.1 Å². The number of amides is 1. The quantitative estimate of drug-likeness (QED) is 0.780. The Morgan fingerprint density at radius 3 is 2.63 bits per heavy atom. The summed E-state index contributed by atoms with van der Waals surface area (Å²) in [6.07, 6.45) is 0.700. The molecular weight excluding hydrogens is 368 g/mol.